The lowest BCUT2D eigenvalue weighted by atomic mass is 9.82. The number of β-lactam (4-membered cyclic amide) rings is 1. The van der Waals surface area contributed by atoms with Crippen LogP contribution in [0.2, 0.25) is 0 Å². The predicted molar refractivity (Wildman–Crippen MR) is 174 cm³/mol. The predicted octanol–water partition coefficient (Wildman–Crippen LogP) is 6.12. The molecule has 4 rings (SSSR count). The molecule has 1 aliphatic heterocycles. The van der Waals surface area contributed by atoms with E-state index in [-0.39, 0.29) is 12.2 Å². The van der Waals surface area contributed by atoms with Gasteiger partial charge in [-0.25, -0.2) is 29.1 Å². The molecule has 1 aromatic heterocycles. The van der Waals surface area contributed by atoms with Gasteiger partial charge in [0.2, 0.25) is 5.91 Å². The molecule has 248 valence electrons. The van der Waals surface area contributed by atoms with E-state index in [2.05, 4.69) is 10.3 Å². The average molecular weight is 645 g/mol. The number of esters is 1. The summed E-state index contributed by atoms with van der Waals surface area (Å²) >= 11 is 0. The highest BCUT2D eigenvalue weighted by Gasteiger charge is 2.55. The molecule has 2 aromatic carbocycles. The van der Waals surface area contributed by atoms with Gasteiger partial charge in [-0.2, -0.15) is 4.90 Å². The molecule has 1 fully saturated rings. The third-order valence-electron chi connectivity index (χ3n) is 7.02. The standard InChI is InChI=1S/C35H40N4O8/c1-34(2,3)46-32(43)38(33(44)47-35(4,5)6)27-21-23(17-18-36-27)20-25-28(30(41)45-7)39(29(25)40)31(42)37-26-16-12-11-15-24(26)19-22-13-9-8-10-14-22/h8-18,21,25,28H,19-20H2,1-7H3,(H,37,42). The van der Waals surface area contributed by atoms with Gasteiger partial charge in [0.15, 0.2) is 6.04 Å². The van der Waals surface area contributed by atoms with E-state index in [4.69, 9.17) is 14.2 Å². The van der Waals surface area contributed by atoms with Gasteiger partial charge in [0.1, 0.15) is 17.0 Å². The monoisotopic (exact) mass is 644 g/mol. The van der Waals surface area contributed by atoms with E-state index in [0.29, 0.717) is 22.6 Å². The van der Waals surface area contributed by atoms with Gasteiger partial charge in [-0.3, -0.25) is 4.79 Å². The van der Waals surface area contributed by atoms with Crippen LogP contribution < -0.4 is 10.2 Å². The Kier molecular flexibility index (Phi) is 10.3. The van der Waals surface area contributed by atoms with Gasteiger partial charge in [0.25, 0.3) is 0 Å². The number of ether oxygens (including phenoxy) is 3. The number of nitrogens with one attached hydrogen (secondary N) is 1. The summed E-state index contributed by atoms with van der Waals surface area (Å²) in [4.78, 5) is 71.7. The third kappa shape index (κ3) is 8.72. The Bertz CT molecular complexity index is 1620. The highest BCUT2D eigenvalue weighted by Crippen LogP contribution is 2.33. The Hall–Kier alpha value is -5.26. The van der Waals surface area contributed by atoms with E-state index >= 15 is 0 Å². The molecule has 0 aliphatic carbocycles. The topological polar surface area (TPSA) is 144 Å². The van der Waals surface area contributed by atoms with E-state index in [0.717, 1.165) is 16.0 Å². The van der Waals surface area contributed by atoms with Crippen LogP contribution in [0.3, 0.4) is 0 Å². The molecule has 1 aliphatic rings. The Labute approximate surface area is 274 Å². The summed E-state index contributed by atoms with van der Waals surface area (Å²) in [5, 5.41) is 2.78. The first-order chi connectivity index (χ1) is 22.1. The zero-order valence-electron chi connectivity index (χ0n) is 27.6. The fourth-order valence-electron chi connectivity index (χ4n) is 4.99. The molecule has 1 saturated heterocycles. The molecule has 0 saturated carbocycles. The first-order valence-corrected chi connectivity index (χ1v) is 15.1. The largest absolute Gasteiger partial charge is 0.467 e. The summed E-state index contributed by atoms with van der Waals surface area (Å²) in [6.07, 6.45) is -0.115. The number of urea groups is 1. The van der Waals surface area contributed by atoms with Crippen molar-refractivity contribution in [1.29, 1.82) is 0 Å². The highest BCUT2D eigenvalue weighted by atomic mass is 16.6. The lowest BCUT2D eigenvalue weighted by Gasteiger charge is -2.43. The number of likely N-dealkylation sites (tertiary alicyclic amines) is 1. The van der Waals surface area contributed by atoms with Crippen molar-refractivity contribution in [1.82, 2.24) is 9.88 Å². The zero-order valence-corrected chi connectivity index (χ0v) is 27.6. The second-order valence-corrected chi connectivity index (χ2v) is 13.1. The number of nitrogens with zero attached hydrogens (tertiary/aromatic N) is 3. The van der Waals surface area contributed by atoms with Crippen LogP contribution in [0.15, 0.2) is 72.9 Å². The Morgan fingerprint density at radius 3 is 2.04 bits per heavy atom. The normalized spacial score (nSPS) is 16.1. The number of carbonyl (C=O) groups is 5. The van der Waals surface area contributed by atoms with Crippen molar-refractivity contribution in [2.24, 2.45) is 5.92 Å². The number of anilines is 2. The van der Waals surface area contributed by atoms with Gasteiger partial charge in [0, 0.05) is 11.9 Å². The average Bonchev–Trinajstić information content (AvgIpc) is 2.98. The Morgan fingerprint density at radius 1 is 0.851 bits per heavy atom. The number of hydrogen-bond acceptors (Lipinski definition) is 9. The van der Waals surface area contributed by atoms with Gasteiger partial charge < -0.3 is 19.5 Å². The summed E-state index contributed by atoms with van der Waals surface area (Å²) in [6, 6.07) is 18.0. The molecule has 3 aromatic rings. The van der Waals surface area contributed by atoms with Gasteiger partial charge in [-0.1, -0.05) is 48.5 Å². The van der Waals surface area contributed by atoms with Gasteiger partial charge in [-0.15, -0.1) is 0 Å². The van der Waals surface area contributed by atoms with E-state index in [1.54, 1.807) is 59.7 Å². The fraction of sp³-hybridized carbons (Fsp3) is 0.371. The van der Waals surface area contributed by atoms with Crippen molar-refractivity contribution in [3.05, 3.63) is 89.6 Å². The molecule has 47 heavy (non-hydrogen) atoms. The van der Waals surface area contributed by atoms with Gasteiger partial charge >= 0.3 is 24.2 Å². The van der Waals surface area contributed by atoms with Crippen molar-refractivity contribution < 1.29 is 38.2 Å². The van der Waals surface area contributed by atoms with Crippen molar-refractivity contribution in [3.63, 3.8) is 0 Å². The maximum atomic E-state index is 13.4. The van der Waals surface area contributed by atoms with Crippen LogP contribution in [0.25, 0.3) is 0 Å². The smallest absolute Gasteiger partial charge is 0.425 e. The number of rotatable bonds is 7. The molecule has 0 radical (unpaired) electrons. The molecule has 2 unspecified atom stereocenters. The van der Waals surface area contributed by atoms with Crippen LogP contribution in [0, 0.1) is 5.92 Å². The molecule has 12 nitrogen and oxygen atoms in total. The molecule has 5 amide bonds. The third-order valence-corrected chi connectivity index (χ3v) is 7.02. The molecule has 2 atom stereocenters. The molecule has 0 bridgehead atoms. The molecule has 1 N–H and O–H groups in total. The van der Waals surface area contributed by atoms with Crippen LogP contribution >= 0.6 is 0 Å². The van der Waals surface area contributed by atoms with Crippen molar-refractivity contribution >= 4 is 41.6 Å². The van der Waals surface area contributed by atoms with Crippen LogP contribution in [0.1, 0.15) is 58.2 Å². The number of hydrogen-bond donors (Lipinski definition) is 1. The number of benzene rings is 2. The number of methoxy groups -OCH3 is 1. The van der Waals surface area contributed by atoms with Crippen molar-refractivity contribution in [2.75, 3.05) is 17.3 Å². The van der Waals surface area contributed by atoms with Crippen LogP contribution in [0.5, 0.6) is 0 Å². The SMILES string of the molecule is COC(=O)C1C(Cc2ccnc(N(C(=O)OC(C)(C)C)C(=O)OC(C)(C)C)c2)C(=O)N1C(=O)Nc1ccccc1Cc1ccccc1. The van der Waals surface area contributed by atoms with E-state index in [9.17, 15) is 24.0 Å². The summed E-state index contributed by atoms with van der Waals surface area (Å²) in [6.45, 7) is 9.92. The van der Waals surface area contributed by atoms with Gasteiger partial charge in [0.05, 0.1) is 13.0 Å². The first-order valence-electron chi connectivity index (χ1n) is 15.1. The Balaban J connectivity index is 1.56. The van der Waals surface area contributed by atoms with Crippen LogP contribution in [0.4, 0.5) is 25.9 Å². The molecular weight excluding hydrogens is 604 g/mol. The lowest BCUT2D eigenvalue weighted by Crippen LogP contribution is -2.67. The number of aromatic nitrogens is 1. The number of pyridine rings is 1. The van der Waals surface area contributed by atoms with E-state index < -0.39 is 53.3 Å². The van der Waals surface area contributed by atoms with Crippen molar-refractivity contribution in [3.8, 4) is 0 Å². The van der Waals surface area contributed by atoms with Crippen LogP contribution in [-0.2, 0) is 36.6 Å². The fourth-order valence-corrected chi connectivity index (χ4v) is 4.99. The minimum absolute atomic E-state index is 0.0149. The zero-order chi connectivity index (χ0) is 34.5. The minimum atomic E-state index is -1.21. The number of imide groups is 2. The van der Waals surface area contributed by atoms with E-state index in [1.807, 2.05) is 42.5 Å². The molecular formula is C35H40N4O8. The summed E-state index contributed by atoms with van der Waals surface area (Å²) in [7, 11) is 1.18. The second kappa shape index (κ2) is 14.0. The van der Waals surface area contributed by atoms with Gasteiger partial charge in [-0.05, 0) is 89.3 Å². The lowest BCUT2D eigenvalue weighted by molar-refractivity contribution is -0.167. The number of amides is 5. The number of carbonyl (C=O) groups excluding carboxylic acids is 5. The Morgan fingerprint density at radius 2 is 1.45 bits per heavy atom. The maximum Gasteiger partial charge on any atom is 0.425 e. The second-order valence-electron chi connectivity index (χ2n) is 13.1. The molecule has 2 heterocycles. The summed E-state index contributed by atoms with van der Waals surface area (Å²) in [5.74, 6) is -2.41. The highest BCUT2D eigenvalue weighted by molar-refractivity contribution is 6.11. The first kappa shape index (κ1) is 34.6. The van der Waals surface area contributed by atoms with E-state index in [1.165, 1.54) is 19.4 Å². The van der Waals surface area contributed by atoms with Crippen LogP contribution in [-0.4, -0.2) is 64.3 Å². The minimum Gasteiger partial charge on any atom is -0.467 e. The molecule has 0 spiro atoms. The molecule has 12 heteroatoms. The number of para-hydroxylation sites is 1. The summed E-state index contributed by atoms with van der Waals surface area (Å²) < 4.78 is 15.8. The summed E-state index contributed by atoms with van der Waals surface area (Å²) in [5.41, 5.74) is 0.989. The maximum absolute atomic E-state index is 13.4. The quantitative estimate of drug-likeness (QED) is 0.183. The van der Waals surface area contributed by atoms with Crippen molar-refractivity contribution in [2.45, 2.75) is 71.6 Å².